The van der Waals surface area contributed by atoms with Crippen LogP contribution in [0.1, 0.15) is 47.3 Å². The molecule has 2 aromatic rings. The molecule has 2 aromatic carbocycles. The van der Waals surface area contributed by atoms with Gasteiger partial charge in [-0.2, -0.15) is 0 Å². The summed E-state index contributed by atoms with van der Waals surface area (Å²) >= 11 is 0. The van der Waals surface area contributed by atoms with E-state index in [1.54, 1.807) is 12.1 Å². The van der Waals surface area contributed by atoms with E-state index in [0.717, 1.165) is 19.3 Å². The van der Waals surface area contributed by atoms with Crippen LogP contribution in [0.4, 0.5) is 11.4 Å². The Kier molecular flexibility index (Phi) is 4.10. The lowest BCUT2D eigenvalue weighted by Gasteiger charge is -2.27. The van der Waals surface area contributed by atoms with Crippen LogP contribution in [0.25, 0.3) is 0 Å². The molecule has 1 aliphatic rings. The SMILES string of the molecule is CC(=O)c1ccc(N[C@H]2CCCc3ccccc32)c([N+](=O)[O-])c1. The second-order valence-electron chi connectivity index (χ2n) is 5.83. The van der Waals surface area contributed by atoms with Crippen LogP contribution in [0.5, 0.6) is 0 Å². The quantitative estimate of drug-likeness (QED) is 0.519. The van der Waals surface area contributed by atoms with Crippen LogP contribution in [-0.2, 0) is 6.42 Å². The first-order chi connectivity index (χ1) is 11.1. The standard InChI is InChI=1S/C18H18N2O3/c1-12(21)14-9-10-17(18(11-14)20(22)23)19-16-8-4-6-13-5-2-3-7-15(13)16/h2-3,5,7,9-11,16,19H,4,6,8H2,1H3/t16-/m0/s1. The highest BCUT2D eigenvalue weighted by atomic mass is 16.6. The van der Waals surface area contributed by atoms with Crippen LogP contribution in [0.2, 0.25) is 0 Å². The molecular weight excluding hydrogens is 292 g/mol. The third kappa shape index (κ3) is 3.08. The van der Waals surface area contributed by atoms with Gasteiger partial charge in [-0.05, 0) is 49.4 Å². The minimum atomic E-state index is -0.441. The van der Waals surface area contributed by atoms with Crippen LogP contribution in [0.3, 0.4) is 0 Å². The molecule has 1 atom stereocenters. The molecule has 0 unspecified atom stereocenters. The Hall–Kier alpha value is -2.69. The van der Waals surface area contributed by atoms with Gasteiger partial charge in [0.1, 0.15) is 5.69 Å². The van der Waals surface area contributed by atoms with Gasteiger partial charge >= 0.3 is 0 Å². The van der Waals surface area contributed by atoms with Crippen molar-refractivity contribution < 1.29 is 9.72 Å². The number of rotatable bonds is 4. The van der Waals surface area contributed by atoms with Crippen LogP contribution >= 0.6 is 0 Å². The number of aryl methyl sites for hydroxylation is 1. The van der Waals surface area contributed by atoms with E-state index in [-0.39, 0.29) is 17.5 Å². The smallest absolute Gasteiger partial charge is 0.293 e. The summed E-state index contributed by atoms with van der Waals surface area (Å²) in [5, 5.41) is 14.6. The Morgan fingerprint density at radius 2 is 2.04 bits per heavy atom. The molecule has 0 spiro atoms. The number of ketones is 1. The number of carbonyl (C=O) groups is 1. The molecule has 0 aliphatic heterocycles. The highest BCUT2D eigenvalue weighted by Crippen LogP contribution is 2.35. The Balaban J connectivity index is 1.95. The number of benzene rings is 2. The second-order valence-corrected chi connectivity index (χ2v) is 5.83. The number of carbonyl (C=O) groups excluding carboxylic acids is 1. The Bertz CT molecular complexity index is 771. The molecule has 118 valence electrons. The highest BCUT2D eigenvalue weighted by Gasteiger charge is 2.23. The molecule has 3 rings (SSSR count). The van der Waals surface area contributed by atoms with Gasteiger partial charge in [-0.1, -0.05) is 24.3 Å². The molecule has 0 saturated heterocycles. The van der Waals surface area contributed by atoms with Gasteiger partial charge in [0.25, 0.3) is 5.69 Å². The van der Waals surface area contributed by atoms with E-state index in [4.69, 9.17) is 0 Å². The molecule has 0 aromatic heterocycles. The maximum Gasteiger partial charge on any atom is 0.293 e. The molecule has 0 heterocycles. The number of nitrogens with one attached hydrogen (secondary N) is 1. The molecule has 0 radical (unpaired) electrons. The van der Waals surface area contributed by atoms with Gasteiger partial charge in [0.05, 0.1) is 11.0 Å². The monoisotopic (exact) mass is 310 g/mol. The zero-order chi connectivity index (χ0) is 16.4. The maximum absolute atomic E-state index is 11.4. The van der Waals surface area contributed by atoms with Gasteiger partial charge in [0, 0.05) is 11.6 Å². The molecule has 0 saturated carbocycles. The van der Waals surface area contributed by atoms with Gasteiger partial charge in [-0.25, -0.2) is 0 Å². The van der Waals surface area contributed by atoms with Crippen molar-refractivity contribution >= 4 is 17.2 Å². The van der Waals surface area contributed by atoms with Crippen molar-refractivity contribution in [2.75, 3.05) is 5.32 Å². The lowest BCUT2D eigenvalue weighted by molar-refractivity contribution is -0.384. The van der Waals surface area contributed by atoms with Crippen LogP contribution in [0.15, 0.2) is 42.5 Å². The van der Waals surface area contributed by atoms with E-state index in [1.165, 1.54) is 24.1 Å². The van der Waals surface area contributed by atoms with Gasteiger partial charge in [0.15, 0.2) is 5.78 Å². The topological polar surface area (TPSA) is 72.2 Å². The number of fused-ring (bicyclic) bond motifs is 1. The molecule has 1 N–H and O–H groups in total. The summed E-state index contributed by atoms with van der Waals surface area (Å²) in [7, 11) is 0. The zero-order valence-electron chi connectivity index (χ0n) is 12.9. The third-order valence-electron chi connectivity index (χ3n) is 4.30. The first-order valence-electron chi connectivity index (χ1n) is 7.70. The van der Waals surface area contributed by atoms with Crippen molar-refractivity contribution in [3.05, 3.63) is 69.3 Å². The minimum Gasteiger partial charge on any atom is -0.373 e. The fourth-order valence-electron chi connectivity index (χ4n) is 3.12. The predicted octanol–water partition coefficient (Wildman–Crippen LogP) is 4.29. The number of nitro benzene ring substituents is 1. The van der Waals surface area contributed by atoms with E-state index >= 15 is 0 Å². The number of hydrogen-bond donors (Lipinski definition) is 1. The van der Waals surface area contributed by atoms with Crippen molar-refractivity contribution in [2.24, 2.45) is 0 Å². The van der Waals surface area contributed by atoms with Gasteiger partial charge in [-0.3, -0.25) is 14.9 Å². The highest BCUT2D eigenvalue weighted by molar-refractivity contribution is 5.95. The fraction of sp³-hybridized carbons (Fsp3) is 0.278. The summed E-state index contributed by atoms with van der Waals surface area (Å²) in [6, 6.07) is 12.9. The number of anilines is 1. The van der Waals surface area contributed by atoms with E-state index in [9.17, 15) is 14.9 Å². The van der Waals surface area contributed by atoms with Crippen LogP contribution in [0, 0.1) is 10.1 Å². The van der Waals surface area contributed by atoms with E-state index in [1.807, 2.05) is 12.1 Å². The van der Waals surface area contributed by atoms with Crippen molar-refractivity contribution in [1.29, 1.82) is 0 Å². The lowest BCUT2D eigenvalue weighted by atomic mass is 9.87. The summed E-state index contributed by atoms with van der Waals surface area (Å²) in [6.45, 7) is 1.41. The third-order valence-corrected chi connectivity index (χ3v) is 4.30. The summed E-state index contributed by atoms with van der Waals surface area (Å²) in [6.07, 6.45) is 3.02. The Labute approximate surface area is 134 Å². The first-order valence-corrected chi connectivity index (χ1v) is 7.70. The molecule has 0 bridgehead atoms. The Morgan fingerprint density at radius 1 is 1.26 bits per heavy atom. The van der Waals surface area contributed by atoms with Gasteiger partial charge in [-0.15, -0.1) is 0 Å². The van der Waals surface area contributed by atoms with Crippen LogP contribution in [-0.4, -0.2) is 10.7 Å². The number of Topliss-reactive ketones (excluding diaryl/α,β-unsaturated/α-hetero) is 1. The number of nitrogens with zero attached hydrogens (tertiary/aromatic N) is 1. The minimum absolute atomic E-state index is 0.0549. The maximum atomic E-state index is 11.4. The molecular formula is C18H18N2O3. The molecule has 5 heteroatoms. The summed E-state index contributed by atoms with van der Waals surface area (Å²) in [4.78, 5) is 22.3. The van der Waals surface area contributed by atoms with Crippen LogP contribution < -0.4 is 5.32 Å². The summed E-state index contributed by atoms with van der Waals surface area (Å²) < 4.78 is 0. The van der Waals surface area contributed by atoms with Crippen molar-refractivity contribution in [1.82, 2.24) is 0 Å². The largest absolute Gasteiger partial charge is 0.373 e. The number of hydrogen-bond acceptors (Lipinski definition) is 4. The summed E-state index contributed by atoms with van der Waals surface area (Å²) in [5.74, 6) is -0.178. The fourth-order valence-corrected chi connectivity index (χ4v) is 3.12. The van der Waals surface area contributed by atoms with Crippen molar-refractivity contribution in [3.63, 3.8) is 0 Å². The molecule has 0 amide bonds. The van der Waals surface area contributed by atoms with Gasteiger partial charge in [0.2, 0.25) is 0 Å². The molecule has 0 fully saturated rings. The van der Waals surface area contributed by atoms with E-state index < -0.39 is 4.92 Å². The van der Waals surface area contributed by atoms with E-state index in [2.05, 4.69) is 17.4 Å². The van der Waals surface area contributed by atoms with E-state index in [0.29, 0.717) is 11.3 Å². The zero-order valence-corrected chi connectivity index (χ0v) is 12.9. The Morgan fingerprint density at radius 3 is 2.78 bits per heavy atom. The second kappa shape index (κ2) is 6.20. The normalized spacial score (nSPS) is 16.5. The average Bonchev–Trinajstić information content (AvgIpc) is 2.55. The van der Waals surface area contributed by atoms with Crippen molar-refractivity contribution in [3.8, 4) is 0 Å². The first kappa shape index (κ1) is 15.2. The predicted molar refractivity (Wildman–Crippen MR) is 88.8 cm³/mol. The molecule has 23 heavy (non-hydrogen) atoms. The average molecular weight is 310 g/mol. The number of nitro groups is 1. The lowest BCUT2D eigenvalue weighted by Crippen LogP contribution is -2.18. The van der Waals surface area contributed by atoms with Crippen molar-refractivity contribution in [2.45, 2.75) is 32.2 Å². The summed E-state index contributed by atoms with van der Waals surface area (Å²) in [5.41, 5.74) is 3.25. The molecule has 5 nitrogen and oxygen atoms in total. The molecule has 1 aliphatic carbocycles. The van der Waals surface area contributed by atoms with Gasteiger partial charge < -0.3 is 5.32 Å².